The van der Waals surface area contributed by atoms with Crippen molar-refractivity contribution in [2.24, 2.45) is 0 Å². The number of aliphatic hydroxyl groups is 1. The van der Waals surface area contributed by atoms with Crippen LogP contribution in [-0.4, -0.2) is 36.6 Å². The first-order chi connectivity index (χ1) is 9.04. The van der Waals surface area contributed by atoms with Gasteiger partial charge in [0.2, 0.25) is 5.91 Å². The minimum Gasteiger partial charge on any atom is -0.384 e. The van der Waals surface area contributed by atoms with Gasteiger partial charge in [0.25, 0.3) is 5.91 Å². The molecule has 1 aromatic heterocycles. The summed E-state index contributed by atoms with van der Waals surface area (Å²) in [6.45, 7) is 3.88. The highest BCUT2D eigenvalue weighted by molar-refractivity contribution is 7.14. The van der Waals surface area contributed by atoms with Gasteiger partial charge in [-0.1, -0.05) is 11.8 Å². The van der Waals surface area contributed by atoms with Gasteiger partial charge < -0.3 is 15.7 Å². The van der Waals surface area contributed by atoms with Crippen LogP contribution in [0.25, 0.3) is 0 Å². The van der Waals surface area contributed by atoms with Crippen LogP contribution in [0.4, 0.5) is 0 Å². The molecule has 0 fully saturated rings. The number of aliphatic hydroxyl groups excluding tert-OH is 1. The van der Waals surface area contributed by atoms with E-state index in [9.17, 15) is 9.59 Å². The van der Waals surface area contributed by atoms with E-state index in [0.29, 0.717) is 18.0 Å². The molecule has 1 aromatic rings. The predicted molar refractivity (Wildman–Crippen MR) is 74.0 cm³/mol. The van der Waals surface area contributed by atoms with Gasteiger partial charge in [-0.3, -0.25) is 9.59 Å². The molecule has 3 N–H and O–H groups in total. The second-order valence-corrected chi connectivity index (χ2v) is 4.87. The van der Waals surface area contributed by atoms with Crippen LogP contribution in [0.15, 0.2) is 6.07 Å². The second-order valence-electron chi connectivity index (χ2n) is 3.82. The summed E-state index contributed by atoms with van der Waals surface area (Å²) in [4.78, 5) is 23.8. The van der Waals surface area contributed by atoms with Gasteiger partial charge in [0, 0.05) is 20.0 Å². The normalized spacial score (nSPS) is 9.42. The summed E-state index contributed by atoms with van der Waals surface area (Å²) in [7, 11) is 0. The number of aryl methyl sites for hydroxylation is 1. The van der Waals surface area contributed by atoms with Crippen molar-refractivity contribution in [3.63, 3.8) is 0 Å². The minimum atomic E-state index is -0.199. The minimum absolute atomic E-state index is 0.122. The molecule has 5 nitrogen and oxygen atoms in total. The molecule has 0 spiro atoms. The third-order valence-electron chi connectivity index (χ3n) is 2.21. The van der Waals surface area contributed by atoms with Gasteiger partial charge in [-0.2, -0.15) is 0 Å². The molecule has 0 aliphatic heterocycles. The Morgan fingerprint density at radius 2 is 2.05 bits per heavy atom. The summed E-state index contributed by atoms with van der Waals surface area (Å²) >= 11 is 1.29. The first-order valence-corrected chi connectivity index (χ1v) is 6.59. The summed E-state index contributed by atoms with van der Waals surface area (Å²) in [5.74, 6) is 5.05. The Morgan fingerprint density at radius 1 is 1.37 bits per heavy atom. The maximum atomic E-state index is 11.8. The molecule has 1 rings (SSSR count). The molecule has 1 heterocycles. The highest BCUT2D eigenvalue weighted by Gasteiger charge is 2.10. The summed E-state index contributed by atoms with van der Waals surface area (Å²) in [6, 6.07) is 1.76. The van der Waals surface area contributed by atoms with E-state index >= 15 is 0 Å². The third kappa shape index (κ3) is 5.12. The van der Waals surface area contributed by atoms with Gasteiger partial charge in [-0.25, -0.2) is 0 Å². The van der Waals surface area contributed by atoms with Crippen molar-refractivity contribution >= 4 is 23.2 Å². The van der Waals surface area contributed by atoms with Crippen molar-refractivity contribution in [2.45, 2.75) is 13.8 Å². The van der Waals surface area contributed by atoms with Crippen LogP contribution in [0.3, 0.4) is 0 Å². The quantitative estimate of drug-likeness (QED) is 0.547. The second kappa shape index (κ2) is 7.56. The van der Waals surface area contributed by atoms with Gasteiger partial charge in [-0.05, 0) is 18.6 Å². The van der Waals surface area contributed by atoms with Gasteiger partial charge in [0.15, 0.2) is 0 Å². The van der Waals surface area contributed by atoms with Crippen molar-refractivity contribution in [2.75, 3.05) is 19.7 Å². The van der Waals surface area contributed by atoms with Gasteiger partial charge >= 0.3 is 0 Å². The van der Waals surface area contributed by atoms with E-state index in [2.05, 4.69) is 22.5 Å². The lowest BCUT2D eigenvalue weighted by molar-refractivity contribution is -0.118. The van der Waals surface area contributed by atoms with Gasteiger partial charge in [-0.15, -0.1) is 11.3 Å². The van der Waals surface area contributed by atoms with Crippen molar-refractivity contribution < 1.29 is 14.7 Å². The number of rotatable bonds is 4. The highest BCUT2D eigenvalue weighted by atomic mass is 32.1. The predicted octanol–water partition coefficient (Wildman–Crippen LogP) is 0.266. The molecule has 0 unspecified atom stereocenters. The first kappa shape index (κ1) is 15.2. The number of hydrogen-bond donors (Lipinski definition) is 3. The number of amides is 2. The fourth-order valence-corrected chi connectivity index (χ4v) is 2.30. The molecule has 0 aromatic carbocycles. The van der Waals surface area contributed by atoms with Crippen LogP contribution in [0.5, 0.6) is 0 Å². The van der Waals surface area contributed by atoms with Crippen LogP contribution in [0.1, 0.15) is 27.0 Å². The van der Waals surface area contributed by atoms with Crippen LogP contribution in [0.2, 0.25) is 0 Å². The third-order valence-corrected chi connectivity index (χ3v) is 3.36. The monoisotopic (exact) mass is 280 g/mol. The Labute approximate surface area is 116 Å². The van der Waals surface area contributed by atoms with Crippen molar-refractivity contribution in [1.29, 1.82) is 0 Å². The molecule has 102 valence electrons. The summed E-state index contributed by atoms with van der Waals surface area (Å²) in [6.07, 6.45) is 0. The molecule has 0 atom stereocenters. The number of thiophene rings is 1. The topological polar surface area (TPSA) is 78.4 Å². The standard InChI is InChI=1S/C13H16N2O3S/c1-9-8-12(19-11(9)4-3-7-16)13(18)15-6-5-14-10(2)17/h8,16H,5-7H2,1-2H3,(H,14,17)(H,15,18). The lowest BCUT2D eigenvalue weighted by Gasteiger charge is -2.03. The average molecular weight is 280 g/mol. The van der Waals surface area contributed by atoms with E-state index in [1.165, 1.54) is 18.3 Å². The van der Waals surface area contributed by atoms with E-state index in [-0.39, 0.29) is 18.4 Å². The Balaban J connectivity index is 2.55. The Kier molecular flexibility index (Phi) is 6.06. The SMILES string of the molecule is CC(=O)NCCNC(=O)c1cc(C)c(C#CCO)s1. The molecule has 0 bridgehead atoms. The molecule has 19 heavy (non-hydrogen) atoms. The summed E-state index contributed by atoms with van der Waals surface area (Å²) < 4.78 is 0. The summed E-state index contributed by atoms with van der Waals surface area (Å²) in [5.41, 5.74) is 0.915. The van der Waals surface area contributed by atoms with Crippen molar-refractivity contribution in [3.8, 4) is 11.8 Å². The molecule has 0 saturated heterocycles. The van der Waals surface area contributed by atoms with Crippen LogP contribution in [0, 0.1) is 18.8 Å². The summed E-state index contributed by atoms with van der Waals surface area (Å²) in [5, 5.41) is 13.9. The van der Waals surface area contributed by atoms with Crippen LogP contribution >= 0.6 is 11.3 Å². The van der Waals surface area contributed by atoms with E-state index in [1.807, 2.05) is 6.92 Å². The van der Waals surface area contributed by atoms with Crippen molar-refractivity contribution in [1.82, 2.24) is 10.6 Å². The maximum Gasteiger partial charge on any atom is 0.261 e. The van der Waals surface area contributed by atoms with Crippen molar-refractivity contribution in [3.05, 3.63) is 21.4 Å². The Bertz CT molecular complexity index is 526. The first-order valence-electron chi connectivity index (χ1n) is 5.77. The lowest BCUT2D eigenvalue weighted by Crippen LogP contribution is -2.33. The zero-order valence-corrected chi connectivity index (χ0v) is 11.7. The smallest absolute Gasteiger partial charge is 0.261 e. The Morgan fingerprint density at radius 3 is 2.68 bits per heavy atom. The highest BCUT2D eigenvalue weighted by Crippen LogP contribution is 2.20. The van der Waals surface area contributed by atoms with E-state index in [1.54, 1.807) is 6.07 Å². The van der Waals surface area contributed by atoms with Gasteiger partial charge in [0.05, 0.1) is 9.75 Å². The molecule has 0 aliphatic carbocycles. The molecule has 6 heteroatoms. The molecular formula is C13H16N2O3S. The fraction of sp³-hybridized carbons (Fsp3) is 0.385. The van der Waals surface area contributed by atoms with E-state index < -0.39 is 0 Å². The molecule has 0 aliphatic rings. The fourth-order valence-electron chi connectivity index (χ4n) is 1.34. The zero-order valence-electron chi connectivity index (χ0n) is 10.9. The molecule has 2 amide bonds. The number of carbonyl (C=O) groups is 2. The number of nitrogens with one attached hydrogen (secondary N) is 2. The maximum absolute atomic E-state index is 11.8. The van der Waals surface area contributed by atoms with E-state index in [4.69, 9.17) is 5.11 Å². The largest absolute Gasteiger partial charge is 0.384 e. The molecular weight excluding hydrogens is 264 g/mol. The number of hydrogen-bond acceptors (Lipinski definition) is 4. The number of carbonyl (C=O) groups excluding carboxylic acids is 2. The molecule has 0 saturated carbocycles. The van der Waals surface area contributed by atoms with Gasteiger partial charge in [0.1, 0.15) is 6.61 Å². The zero-order chi connectivity index (χ0) is 14.3. The van der Waals surface area contributed by atoms with E-state index in [0.717, 1.165) is 10.4 Å². The van der Waals surface area contributed by atoms with Crippen LogP contribution < -0.4 is 10.6 Å². The average Bonchev–Trinajstić information content (AvgIpc) is 2.73. The van der Waals surface area contributed by atoms with Crippen LogP contribution in [-0.2, 0) is 4.79 Å². The molecule has 0 radical (unpaired) electrons. The Hall–Kier alpha value is -1.84. The lowest BCUT2D eigenvalue weighted by atomic mass is 10.2.